The van der Waals surface area contributed by atoms with E-state index in [0.29, 0.717) is 35.5 Å². The Balaban J connectivity index is 2.16. The van der Waals surface area contributed by atoms with E-state index in [-0.39, 0.29) is 16.9 Å². The molecule has 0 bridgehead atoms. The third kappa shape index (κ3) is 2.30. The summed E-state index contributed by atoms with van der Waals surface area (Å²) in [5, 5.41) is 0.390. The van der Waals surface area contributed by atoms with E-state index >= 15 is 0 Å². The standard InChI is InChI=1S/C16H18N2O4/c1-21-10-7-11-14(13(8-10)22-2)17-9-12(15(11)19)16(20)18-5-3-4-6-18/h7-9H,3-6H2,1-2H3,(H,17,19). The molecule has 1 fully saturated rings. The SMILES string of the molecule is COc1cc(OC)c2[nH]cc(C(=O)N3CCCC3)c(=O)c2c1. The summed E-state index contributed by atoms with van der Waals surface area (Å²) < 4.78 is 10.5. The Hall–Kier alpha value is -2.50. The first-order chi connectivity index (χ1) is 10.7. The van der Waals surface area contributed by atoms with Gasteiger partial charge in [-0.25, -0.2) is 0 Å². The summed E-state index contributed by atoms with van der Waals surface area (Å²) in [7, 11) is 3.05. The maximum absolute atomic E-state index is 12.7. The molecule has 1 saturated heterocycles. The van der Waals surface area contributed by atoms with Crippen molar-refractivity contribution in [3.63, 3.8) is 0 Å². The van der Waals surface area contributed by atoms with Gasteiger partial charge in [0, 0.05) is 25.4 Å². The number of hydrogen-bond donors (Lipinski definition) is 1. The number of likely N-dealkylation sites (tertiary alicyclic amines) is 1. The number of rotatable bonds is 3. The van der Waals surface area contributed by atoms with Crippen molar-refractivity contribution in [3.8, 4) is 11.5 Å². The molecule has 6 heteroatoms. The number of hydrogen-bond acceptors (Lipinski definition) is 4. The Bertz CT molecular complexity index is 776. The van der Waals surface area contributed by atoms with Crippen LogP contribution in [0.4, 0.5) is 0 Å². The van der Waals surface area contributed by atoms with Crippen LogP contribution in [-0.2, 0) is 0 Å². The Morgan fingerprint density at radius 2 is 1.91 bits per heavy atom. The molecule has 116 valence electrons. The van der Waals surface area contributed by atoms with Crippen molar-refractivity contribution >= 4 is 16.8 Å². The zero-order chi connectivity index (χ0) is 15.7. The third-order valence-corrected chi connectivity index (χ3v) is 4.01. The molecule has 1 amide bonds. The number of pyridine rings is 1. The lowest BCUT2D eigenvalue weighted by atomic mass is 10.1. The minimum absolute atomic E-state index is 0.157. The van der Waals surface area contributed by atoms with Crippen LogP contribution < -0.4 is 14.9 Å². The van der Waals surface area contributed by atoms with Gasteiger partial charge in [-0.2, -0.15) is 0 Å². The minimum Gasteiger partial charge on any atom is -0.497 e. The summed E-state index contributed by atoms with van der Waals surface area (Å²) in [6.45, 7) is 1.41. The van der Waals surface area contributed by atoms with Gasteiger partial charge in [0.1, 0.15) is 17.1 Å². The highest BCUT2D eigenvalue weighted by Gasteiger charge is 2.23. The summed E-state index contributed by atoms with van der Waals surface area (Å²) >= 11 is 0. The zero-order valence-corrected chi connectivity index (χ0v) is 12.6. The van der Waals surface area contributed by atoms with E-state index in [1.54, 1.807) is 17.0 Å². The van der Waals surface area contributed by atoms with E-state index in [0.717, 1.165) is 12.8 Å². The number of carbonyl (C=O) groups is 1. The number of amides is 1. The van der Waals surface area contributed by atoms with E-state index in [9.17, 15) is 9.59 Å². The van der Waals surface area contributed by atoms with Crippen LogP contribution in [0.5, 0.6) is 11.5 Å². The summed E-state index contributed by atoms with van der Waals surface area (Å²) in [6.07, 6.45) is 3.44. The van der Waals surface area contributed by atoms with Gasteiger partial charge < -0.3 is 19.4 Å². The number of aromatic amines is 1. The Labute approximate surface area is 127 Å². The second kappa shape index (κ2) is 5.71. The number of nitrogens with one attached hydrogen (secondary N) is 1. The zero-order valence-electron chi connectivity index (χ0n) is 12.6. The topological polar surface area (TPSA) is 71.6 Å². The van der Waals surface area contributed by atoms with Crippen LogP contribution in [0.25, 0.3) is 10.9 Å². The highest BCUT2D eigenvalue weighted by molar-refractivity contribution is 5.98. The molecule has 1 aliphatic heterocycles. The van der Waals surface area contributed by atoms with Gasteiger partial charge in [-0.05, 0) is 18.9 Å². The van der Waals surface area contributed by atoms with Gasteiger partial charge in [0.2, 0.25) is 5.43 Å². The molecule has 6 nitrogen and oxygen atoms in total. The Kier molecular flexibility index (Phi) is 3.75. The average Bonchev–Trinajstić information content (AvgIpc) is 3.08. The lowest BCUT2D eigenvalue weighted by Gasteiger charge is -2.15. The third-order valence-electron chi connectivity index (χ3n) is 4.01. The first-order valence-electron chi connectivity index (χ1n) is 7.22. The predicted octanol–water partition coefficient (Wildman–Crippen LogP) is 1.78. The van der Waals surface area contributed by atoms with Crippen LogP contribution in [0.15, 0.2) is 23.1 Å². The van der Waals surface area contributed by atoms with Gasteiger partial charge in [0.05, 0.1) is 25.1 Å². The largest absolute Gasteiger partial charge is 0.497 e. The van der Waals surface area contributed by atoms with Crippen molar-refractivity contribution in [2.45, 2.75) is 12.8 Å². The molecule has 22 heavy (non-hydrogen) atoms. The van der Waals surface area contributed by atoms with Crippen LogP contribution in [0.1, 0.15) is 23.2 Å². The predicted molar refractivity (Wildman–Crippen MR) is 82.8 cm³/mol. The molecule has 0 unspecified atom stereocenters. The molecule has 1 aliphatic rings. The fourth-order valence-electron chi connectivity index (χ4n) is 2.80. The van der Waals surface area contributed by atoms with Gasteiger partial charge in [-0.15, -0.1) is 0 Å². The van der Waals surface area contributed by atoms with E-state index in [4.69, 9.17) is 9.47 Å². The van der Waals surface area contributed by atoms with Crippen molar-refractivity contribution in [2.24, 2.45) is 0 Å². The van der Waals surface area contributed by atoms with Gasteiger partial charge >= 0.3 is 0 Å². The summed E-state index contributed by atoms with van der Waals surface area (Å²) in [4.78, 5) is 29.9. The molecule has 0 aliphatic carbocycles. The second-order valence-electron chi connectivity index (χ2n) is 5.28. The fourth-order valence-corrected chi connectivity index (χ4v) is 2.80. The van der Waals surface area contributed by atoms with Crippen LogP contribution in [-0.4, -0.2) is 43.1 Å². The highest BCUT2D eigenvalue weighted by Crippen LogP contribution is 2.28. The number of fused-ring (bicyclic) bond motifs is 1. The highest BCUT2D eigenvalue weighted by atomic mass is 16.5. The maximum Gasteiger partial charge on any atom is 0.259 e. The summed E-state index contributed by atoms with van der Waals surface area (Å²) in [6, 6.07) is 3.32. The van der Waals surface area contributed by atoms with E-state index in [1.807, 2.05) is 0 Å². The van der Waals surface area contributed by atoms with Crippen LogP contribution in [0, 0.1) is 0 Å². The average molecular weight is 302 g/mol. The van der Waals surface area contributed by atoms with Crippen LogP contribution in [0.2, 0.25) is 0 Å². The molecular weight excluding hydrogens is 284 g/mol. The smallest absolute Gasteiger partial charge is 0.259 e. The van der Waals surface area contributed by atoms with Crippen molar-refractivity contribution in [3.05, 3.63) is 34.1 Å². The number of H-pyrrole nitrogens is 1. The second-order valence-corrected chi connectivity index (χ2v) is 5.28. The number of ether oxygens (including phenoxy) is 2. The van der Waals surface area contributed by atoms with Gasteiger partial charge in [-0.3, -0.25) is 9.59 Å². The molecule has 1 aromatic heterocycles. The molecule has 0 spiro atoms. The first-order valence-corrected chi connectivity index (χ1v) is 7.22. The first kappa shape index (κ1) is 14.4. The van der Waals surface area contributed by atoms with Crippen molar-refractivity contribution in [1.82, 2.24) is 9.88 Å². The summed E-state index contributed by atoms with van der Waals surface area (Å²) in [5.41, 5.74) is 0.416. The lowest BCUT2D eigenvalue weighted by molar-refractivity contribution is 0.0791. The molecule has 2 aromatic rings. The number of aromatic nitrogens is 1. The normalized spacial score (nSPS) is 14.4. The lowest BCUT2D eigenvalue weighted by Crippen LogP contribution is -2.31. The van der Waals surface area contributed by atoms with E-state index < -0.39 is 0 Å². The summed E-state index contributed by atoms with van der Waals surface area (Å²) in [5.74, 6) is 0.801. The molecule has 0 radical (unpaired) electrons. The molecule has 0 atom stereocenters. The molecule has 3 rings (SSSR count). The quantitative estimate of drug-likeness (QED) is 0.938. The van der Waals surface area contributed by atoms with Gasteiger partial charge in [-0.1, -0.05) is 0 Å². The van der Waals surface area contributed by atoms with Crippen LogP contribution in [0.3, 0.4) is 0 Å². The number of nitrogens with zero attached hydrogens (tertiary/aromatic N) is 1. The van der Waals surface area contributed by atoms with E-state index in [2.05, 4.69) is 4.98 Å². The van der Waals surface area contributed by atoms with Gasteiger partial charge in [0.15, 0.2) is 0 Å². The molecule has 0 saturated carbocycles. The molecule has 1 aromatic carbocycles. The Morgan fingerprint density at radius 3 is 2.55 bits per heavy atom. The van der Waals surface area contributed by atoms with Crippen LogP contribution >= 0.6 is 0 Å². The molecule has 2 heterocycles. The fraction of sp³-hybridized carbons (Fsp3) is 0.375. The van der Waals surface area contributed by atoms with Gasteiger partial charge in [0.25, 0.3) is 5.91 Å². The minimum atomic E-state index is -0.303. The Morgan fingerprint density at radius 1 is 1.18 bits per heavy atom. The van der Waals surface area contributed by atoms with Crippen molar-refractivity contribution in [2.75, 3.05) is 27.3 Å². The molecular formula is C16H18N2O4. The number of carbonyl (C=O) groups excluding carboxylic acids is 1. The number of methoxy groups -OCH3 is 2. The van der Waals surface area contributed by atoms with E-state index in [1.165, 1.54) is 20.4 Å². The van der Waals surface area contributed by atoms with Crippen molar-refractivity contribution < 1.29 is 14.3 Å². The maximum atomic E-state index is 12.7. The monoisotopic (exact) mass is 302 g/mol. The van der Waals surface area contributed by atoms with Crippen molar-refractivity contribution in [1.29, 1.82) is 0 Å². The number of benzene rings is 1. The molecule has 1 N–H and O–H groups in total.